The molecule has 0 saturated carbocycles. The molecule has 0 aliphatic heterocycles. The molecule has 7 heteroatoms. The molecule has 0 spiro atoms. The summed E-state index contributed by atoms with van der Waals surface area (Å²) >= 11 is 0. The van der Waals surface area contributed by atoms with Crippen LogP contribution in [0.25, 0.3) is 0 Å². The van der Waals surface area contributed by atoms with E-state index in [0.717, 1.165) is 5.56 Å². The number of pyridine rings is 2. The number of hydrogen-bond donors (Lipinski definition) is 2. The van der Waals surface area contributed by atoms with Gasteiger partial charge in [0.2, 0.25) is 0 Å². The summed E-state index contributed by atoms with van der Waals surface area (Å²) in [4.78, 5) is 20.5. The number of ether oxygens (including phenoxy) is 2. The number of nitrogens with one attached hydrogen (secondary N) is 2. The number of methoxy groups -OCH3 is 2. The van der Waals surface area contributed by atoms with Crippen molar-refractivity contribution in [2.24, 2.45) is 0 Å². The first kappa shape index (κ1) is 18.2. The van der Waals surface area contributed by atoms with E-state index in [4.69, 9.17) is 9.47 Å². The standard InChI is InChI=1S/C20H20N4O3/c1-26-17-3-4-19(27-2)18(10-17)24-16-9-15(12-22-13-16)20(25)23-11-14-5-7-21-8-6-14/h3-10,12-13,24H,11H2,1-2H3,(H,23,25). The van der Waals surface area contributed by atoms with Crippen molar-refractivity contribution >= 4 is 17.3 Å². The Morgan fingerprint density at radius 2 is 1.81 bits per heavy atom. The number of hydrogen-bond acceptors (Lipinski definition) is 6. The average molecular weight is 364 g/mol. The maximum atomic E-state index is 12.4. The second-order valence-electron chi connectivity index (χ2n) is 5.69. The normalized spacial score (nSPS) is 10.1. The van der Waals surface area contributed by atoms with Crippen LogP contribution in [-0.2, 0) is 6.54 Å². The molecule has 0 fully saturated rings. The van der Waals surface area contributed by atoms with Crippen LogP contribution in [0.3, 0.4) is 0 Å². The number of rotatable bonds is 7. The molecule has 2 aromatic heterocycles. The zero-order valence-electron chi connectivity index (χ0n) is 15.1. The van der Waals surface area contributed by atoms with Crippen LogP contribution in [0.1, 0.15) is 15.9 Å². The molecular formula is C20H20N4O3. The molecule has 0 radical (unpaired) electrons. The number of carbonyl (C=O) groups is 1. The lowest BCUT2D eigenvalue weighted by Gasteiger charge is -2.13. The Bertz CT molecular complexity index is 916. The minimum atomic E-state index is -0.208. The van der Waals surface area contributed by atoms with Gasteiger partial charge in [-0.25, -0.2) is 0 Å². The third-order valence-electron chi connectivity index (χ3n) is 3.89. The molecule has 7 nitrogen and oxygen atoms in total. The van der Waals surface area contributed by atoms with E-state index < -0.39 is 0 Å². The van der Waals surface area contributed by atoms with Gasteiger partial charge in [-0.05, 0) is 35.9 Å². The highest BCUT2D eigenvalue weighted by Gasteiger charge is 2.09. The Kier molecular flexibility index (Phi) is 5.84. The molecule has 1 aromatic carbocycles. The highest BCUT2D eigenvalue weighted by atomic mass is 16.5. The second-order valence-corrected chi connectivity index (χ2v) is 5.69. The molecule has 2 heterocycles. The zero-order chi connectivity index (χ0) is 19.1. The van der Waals surface area contributed by atoms with Crippen LogP contribution in [0.2, 0.25) is 0 Å². The maximum absolute atomic E-state index is 12.4. The first-order chi connectivity index (χ1) is 13.2. The maximum Gasteiger partial charge on any atom is 0.253 e. The van der Waals surface area contributed by atoms with E-state index in [0.29, 0.717) is 35.0 Å². The highest BCUT2D eigenvalue weighted by Crippen LogP contribution is 2.31. The lowest BCUT2D eigenvalue weighted by atomic mass is 10.2. The molecule has 3 rings (SSSR count). The quantitative estimate of drug-likeness (QED) is 0.670. The Labute approximate surface area is 157 Å². The van der Waals surface area contributed by atoms with Crippen molar-refractivity contribution < 1.29 is 14.3 Å². The van der Waals surface area contributed by atoms with E-state index in [-0.39, 0.29) is 5.91 Å². The fraction of sp³-hybridized carbons (Fsp3) is 0.150. The van der Waals surface area contributed by atoms with Crippen LogP contribution in [0, 0.1) is 0 Å². The predicted octanol–water partition coefficient (Wildman–Crippen LogP) is 3.17. The van der Waals surface area contributed by atoms with E-state index in [1.807, 2.05) is 24.3 Å². The van der Waals surface area contributed by atoms with Crippen LogP contribution in [0.5, 0.6) is 11.5 Å². The molecule has 138 valence electrons. The van der Waals surface area contributed by atoms with Crippen molar-refractivity contribution in [3.8, 4) is 11.5 Å². The summed E-state index contributed by atoms with van der Waals surface area (Å²) in [7, 11) is 3.19. The van der Waals surface area contributed by atoms with Gasteiger partial charge in [0.1, 0.15) is 11.5 Å². The number of carbonyl (C=O) groups excluding carboxylic acids is 1. The van der Waals surface area contributed by atoms with E-state index in [2.05, 4.69) is 20.6 Å². The number of nitrogens with zero attached hydrogens (tertiary/aromatic N) is 2. The van der Waals surface area contributed by atoms with Crippen molar-refractivity contribution in [2.75, 3.05) is 19.5 Å². The molecule has 0 atom stereocenters. The summed E-state index contributed by atoms with van der Waals surface area (Å²) in [5, 5.41) is 6.08. The first-order valence-corrected chi connectivity index (χ1v) is 8.31. The Morgan fingerprint density at radius 1 is 1.00 bits per heavy atom. The summed E-state index contributed by atoms with van der Waals surface area (Å²) < 4.78 is 10.6. The van der Waals surface area contributed by atoms with Crippen LogP contribution < -0.4 is 20.1 Å². The lowest BCUT2D eigenvalue weighted by molar-refractivity contribution is 0.0950. The van der Waals surface area contributed by atoms with E-state index in [1.54, 1.807) is 44.9 Å². The number of anilines is 2. The van der Waals surface area contributed by atoms with Crippen molar-refractivity contribution in [1.82, 2.24) is 15.3 Å². The van der Waals surface area contributed by atoms with Crippen molar-refractivity contribution in [2.45, 2.75) is 6.54 Å². The predicted molar refractivity (Wildman–Crippen MR) is 102 cm³/mol. The van der Waals surface area contributed by atoms with Crippen molar-refractivity contribution in [3.63, 3.8) is 0 Å². The average Bonchev–Trinajstić information content (AvgIpc) is 2.73. The van der Waals surface area contributed by atoms with Crippen LogP contribution in [-0.4, -0.2) is 30.1 Å². The van der Waals surface area contributed by atoms with Crippen LogP contribution in [0.15, 0.2) is 61.2 Å². The number of benzene rings is 1. The Hall–Kier alpha value is -3.61. The van der Waals surface area contributed by atoms with Gasteiger partial charge in [-0.2, -0.15) is 0 Å². The van der Waals surface area contributed by atoms with Crippen LogP contribution >= 0.6 is 0 Å². The Balaban J connectivity index is 1.73. The highest BCUT2D eigenvalue weighted by molar-refractivity contribution is 5.94. The van der Waals surface area contributed by atoms with Gasteiger partial charge < -0.3 is 20.1 Å². The van der Waals surface area contributed by atoms with Crippen LogP contribution in [0.4, 0.5) is 11.4 Å². The van der Waals surface area contributed by atoms with Gasteiger partial charge in [-0.1, -0.05) is 0 Å². The summed E-state index contributed by atoms with van der Waals surface area (Å²) in [6.07, 6.45) is 6.54. The second kappa shape index (κ2) is 8.66. The van der Waals surface area contributed by atoms with E-state index in [9.17, 15) is 4.79 Å². The van der Waals surface area contributed by atoms with Crippen molar-refractivity contribution in [1.29, 1.82) is 0 Å². The fourth-order valence-electron chi connectivity index (χ4n) is 2.48. The van der Waals surface area contributed by atoms with Gasteiger partial charge >= 0.3 is 0 Å². The van der Waals surface area contributed by atoms with Gasteiger partial charge in [0.15, 0.2) is 0 Å². The van der Waals surface area contributed by atoms with Gasteiger partial charge in [-0.15, -0.1) is 0 Å². The molecule has 0 aliphatic carbocycles. The van der Waals surface area contributed by atoms with Gasteiger partial charge in [0, 0.05) is 31.2 Å². The molecule has 3 aromatic rings. The summed E-state index contributed by atoms with van der Waals surface area (Å²) in [5.41, 5.74) is 2.81. The monoisotopic (exact) mass is 364 g/mol. The first-order valence-electron chi connectivity index (χ1n) is 8.31. The molecule has 1 amide bonds. The minimum absolute atomic E-state index is 0.208. The van der Waals surface area contributed by atoms with Gasteiger partial charge in [0.05, 0.1) is 37.4 Å². The summed E-state index contributed by atoms with van der Waals surface area (Å²) in [6, 6.07) is 10.9. The summed E-state index contributed by atoms with van der Waals surface area (Å²) in [6.45, 7) is 0.419. The largest absolute Gasteiger partial charge is 0.497 e. The smallest absolute Gasteiger partial charge is 0.253 e. The van der Waals surface area contributed by atoms with E-state index in [1.165, 1.54) is 6.20 Å². The molecular weight excluding hydrogens is 344 g/mol. The van der Waals surface area contributed by atoms with E-state index >= 15 is 0 Å². The topological polar surface area (TPSA) is 85.4 Å². The zero-order valence-corrected chi connectivity index (χ0v) is 15.1. The van der Waals surface area contributed by atoms with Gasteiger partial charge in [0.25, 0.3) is 5.91 Å². The van der Waals surface area contributed by atoms with Gasteiger partial charge in [-0.3, -0.25) is 14.8 Å². The molecule has 0 aliphatic rings. The molecule has 0 saturated heterocycles. The summed E-state index contributed by atoms with van der Waals surface area (Å²) in [5.74, 6) is 1.14. The third-order valence-corrected chi connectivity index (χ3v) is 3.89. The fourth-order valence-corrected chi connectivity index (χ4v) is 2.48. The third kappa shape index (κ3) is 4.72. The lowest BCUT2D eigenvalue weighted by Crippen LogP contribution is -2.23. The number of amides is 1. The molecule has 0 unspecified atom stereocenters. The van der Waals surface area contributed by atoms with Crippen molar-refractivity contribution in [3.05, 3.63) is 72.3 Å². The molecule has 2 N–H and O–H groups in total. The Morgan fingerprint density at radius 3 is 2.56 bits per heavy atom. The SMILES string of the molecule is COc1ccc(OC)c(Nc2cncc(C(=O)NCc3ccncc3)c2)c1. The minimum Gasteiger partial charge on any atom is -0.497 e. The molecule has 27 heavy (non-hydrogen) atoms. The number of aromatic nitrogens is 2. The molecule has 0 bridgehead atoms.